The molecular weight excluding hydrogens is 147 g/mol. The number of amides is 1. The topological polar surface area (TPSA) is 32.3 Å². The van der Waals surface area contributed by atoms with Crippen LogP contribution in [0.1, 0.15) is 6.42 Å². The second kappa shape index (κ2) is 2.77. The molecule has 1 heterocycles. The van der Waals surface area contributed by atoms with Gasteiger partial charge < -0.3 is 10.2 Å². The van der Waals surface area contributed by atoms with E-state index in [1.807, 2.05) is 0 Å². The second-order valence-corrected chi connectivity index (χ2v) is 3.09. The molecule has 0 aromatic heterocycles. The van der Waals surface area contributed by atoms with E-state index >= 15 is 0 Å². The molecule has 1 saturated heterocycles. The highest BCUT2D eigenvalue weighted by atomic mass is 19.1. The van der Waals surface area contributed by atoms with Gasteiger partial charge >= 0.3 is 0 Å². The van der Waals surface area contributed by atoms with E-state index in [2.05, 4.69) is 5.32 Å². The highest BCUT2D eigenvalue weighted by Gasteiger charge is 2.42. The maximum Gasteiger partial charge on any atom is 0.261 e. The number of halogens is 1. The standard InChI is InChI=1S/C7H13FN2O/c1-10(2)6(11)7(8)3-4-9-5-7/h9H,3-5H2,1-2H3. The van der Waals surface area contributed by atoms with Gasteiger partial charge in [-0.15, -0.1) is 0 Å². The minimum atomic E-state index is -1.65. The van der Waals surface area contributed by atoms with Gasteiger partial charge in [0.25, 0.3) is 5.91 Å². The van der Waals surface area contributed by atoms with Crippen LogP contribution in [0, 0.1) is 0 Å². The van der Waals surface area contributed by atoms with Gasteiger partial charge in [-0.2, -0.15) is 0 Å². The van der Waals surface area contributed by atoms with Gasteiger partial charge in [-0.1, -0.05) is 0 Å². The molecule has 1 N–H and O–H groups in total. The van der Waals surface area contributed by atoms with Gasteiger partial charge in [-0.3, -0.25) is 4.79 Å². The van der Waals surface area contributed by atoms with E-state index in [1.54, 1.807) is 14.1 Å². The Morgan fingerprint density at radius 3 is 2.64 bits per heavy atom. The SMILES string of the molecule is CN(C)C(=O)C1(F)CCNC1. The molecule has 3 nitrogen and oxygen atoms in total. The van der Waals surface area contributed by atoms with E-state index in [4.69, 9.17) is 0 Å². The minimum Gasteiger partial charge on any atom is -0.346 e. The molecule has 1 amide bonds. The fourth-order valence-corrected chi connectivity index (χ4v) is 1.24. The van der Waals surface area contributed by atoms with Crippen molar-refractivity contribution in [1.82, 2.24) is 10.2 Å². The monoisotopic (exact) mass is 160 g/mol. The van der Waals surface area contributed by atoms with Crippen molar-refractivity contribution in [3.05, 3.63) is 0 Å². The lowest BCUT2D eigenvalue weighted by molar-refractivity contribution is -0.140. The Bertz CT molecular complexity index is 164. The van der Waals surface area contributed by atoms with Crippen LogP contribution in [0.15, 0.2) is 0 Å². The lowest BCUT2D eigenvalue weighted by Crippen LogP contribution is -2.44. The van der Waals surface area contributed by atoms with Gasteiger partial charge in [0.15, 0.2) is 0 Å². The third kappa shape index (κ3) is 1.50. The molecule has 64 valence electrons. The van der Waals surface area contributed by atoms with Crippen LogP contribution < -0.4 is 5.32 Å². The van der Waals surface area contributed by atoms with Gasteiger partial charge in [0.05, 0.1) is 0 Å². The number of carbonyl (C=O) groups is 1. The van der Waals surface area contributed by atoms with E-state index in [0.717, 1.165) is 0 Å². The normalized spacial score (nSPS) is 30.5. The first-order chi connectivity index (χ1) is 5.06. The van der Waals surface area contributed by atoms with Gasteiger partial charge in [0.2, 0.25) is 5.67 Å². The molecule has 0 radical (unpaired) electrons. The molecule has 0 spiro atoms. The molecule has 0 aromatic carbocycles. The lowest BCUT2D eigenvalue weighted by Gasteiger charge is -2.21. The Labute approximate surface area is 65.6 Å². The third-order valence-electron chi connectivity index (χ3n) is 1.89. The molecule has 1 aliphatic heterocycles. The largest absolute Gasteiger partial charge is 0.346 e. The highest BCUT2D eigenvalue weighted by Crippen LogP contribution is 2.21. The summed E-state index contributed by atoms with van der Waals surface area (Å²) in [6.07, 6.45) is 0.296. The number of nitrogens with one attached hydrogen (secondary N) is 1. The van der Waals surface area contributed by atoms with Gasteiger partial charge in [0.1, 0.15) is 0 Å². The summed E-state index contributed by atoms with van der Waals surface area (Å²) in [7, 11) is 3.14. The van der Waals surface area contributed by atoms with Crippen LogP contribution in [0.2, 0.25) is 0 Å². The smallest absolute Gasteiger partial charge is 0.261 e. The first-order valence-electron chi connectivity index (χ1n) is 3.68. The van der Waals surface area contributed by atoms with Crippen LogP contribution in [0.4, 0.5) is 4.39 Å². The summed E-state index contributed by atoms with van der Waals surface area (Å²) in [5.74, 6) is -0.428. The first-order valence-corrected chi connectivity index (χ1v) is 3.68. The molecule has 1 unspecified atom stereocenters. The summed E-state index contributed by atoms with van der Waals surface area (Å²) in [5.41, 5.74) is -1.65. The van der Waals surface area contributed by atoms with Gasteiger partial charge in [-0.25, -0.2) is 4.39 Å². The average Bonchev–Trinajstić information content (AvgIpc) is 2.35. The van der Waals surface area contributed by atoms with Gasteiger partial charge in [0, 0.05) is 27.1 Å². The maximum absolute atomic E-state index is 13.5. The molecule has 1 atom stereocenters. The lowest BCUT2D eigenvalue weighted by atomic mass is 10.0. The number of nitrogens with zero attached hydrogens (tertiary/aromatic N) is 1. The van der Waals surface area contributed by atoms with Crippen LogP contribution in [-0.2, 0) is 4.79 Å². The summed E-state index contributed by atoms with van der Waals surface area (Å²) in [4.78, 5) is 12.5. The molecule has 0 saturated carbocycles. The van der Waals surface area contributed by atoms with Crippen LogP contribution >= 0.6 is 0 Å². The molecule has 4 heteroatoms. The zero-order valence-electron chi connectivity index (χ0n) is 6.85. The molecule has 0 bridgehead atoms. The van der Waals surface area contributed by atoms with Crippen molar-refractivity contribution in [3.8, 4) is 0 Å². The molecule has 11 heavy (non-hydrogen) atoms. The summed E-state index contributed by atoms with van der Waals surface area (Å²) >= 11 is 0. The summed E-state index contributed by atoms with van der Waals surface area (Å²) in [5, 5.41) is 2.83. The van der Waals surface area contributed by atoms with Crippen molar-refractivity contribution in [3.63, 3.8) is 0 Å². The van der Waals surface area contributed by atoms with E-state index in [9.17, 15) is 9.18 Å². The highest BCUT2D eigenvalue weighted by molar-refractivity contribution is 5.85. The van der Waals surface area contributed by atoms with Crippen LogP contribution in [0.3, 0.4) is 0 Å². The quantitative estimate of drug-likeness (QED) is 0.575. The minimum absolute atomic E-state index is 0.157. The Balaban J connectivity index is 2.64. The Morgan fingerprint density at radius 1 is 1.64 bits per heavy atom. The predicted molar refractivity (Wildman–Crippen MR) is 40.0 cm³/mol. The predicted octanol–water partition coefficient (Wildman–Crippen LogP) is -0.224. The second-order valence-electron chi connectivity index (χ2n) is 3.09. The Kier molecular flexibility index (Phi) is 2.13. The summed E-state index contributed by atoms with van der Waals surface area (Å²) < 4.78 is 13.5. The fourth-order valence-electron chi connectivity index (χ4n) is 1.24. The van der Waals surface area contributed by atoms with Crippen molar-refractivity contribution >= 4 is 5.91 Å². The van der Waals surface area contributed by atoms with Crippen LogP contribution in [-0.4, -0.2) is 43.7 Å². The summed E-state index contributed by atoms with van der Waals surface area (Å²) in [6.45, 7) is 0.750. The molecule has 1 aliphatic rings. The number of alkyl halides is 1. The van der Waals surface area contributed by atoms with Crippen LogP contribution in [0.25, 0.3) is 0 Å². The first kappa shape index (κ1) is 8.46. The van der Waals surface area contributed by atoms with E-state index in [1.165, 1.54) is 4.90 Å². The number of rotatable bonds is 1. The van der Waals surface area contributed by atoms with E-state index in [-0.39, 0.29) is 6.54 Å². The zero-order chi connectivity index (χ0) is 8.48. The number of carbonyl (C=O) groups excluding carboxylic acids is 1. The third-order valence-corrected chi connectivity index (χ3v) is 1.89. The average molecular weight is 160 g/mol. The number of hydrogen-bond donors (Lipinski definition) is 1. The van der Waals surface area contributed by atoms with Crippen molar-refractivity contribution in [2.45, 2.75) is 12.1 Å². The van der Waals surface area contributed by atoms with E-state index < -0.39 is 11.6 Å². The van der Waals surface area contributed by atoms with Crippen molar-refractivity contribution in [1.29, 1.82) is 0 Å². The zero-order valence-corrected chi connectivity index (χ0v) is 6.85. The Hall–Kier alpha value is -0.640. The van der Waals surface area contributed by atoms with Crippen LogP contribution in [0.5, 0.6) is 0 Å². The molecule has 0 aromatic rings. The molecule has 1 fully saturated rings. The summed E-state index contributed by atoms with van der Waals surface area (Å²) in [6, 6.07) is 0. The van der Waals surface area contributed by atoms with Crippen molar-refractivity contribution in [2.75, 3.05) is 27.2 Å². The number of hydrogen-bond acceptors (Lipinski definition) is 2. The Morgan fingerprint density at radius 2 is 2.27 bits per heavy atom. The van der Waals surface area contributed by atoms with Gasteiger partial charge in [-0.05, 0) is 6.54 Å². The maximum atomic E-state index is 13.5. The van der Waals surface area contributed by atoms with E-state index in [0.29, 0.717) is 13.0 Å². The molecule has 1 rings (SSSR count). The van der Waals surface area contributed by atoms with Crippen molar-refractivity contribution in [2.24, 2.45) is 0 Å². The fraction of sp³-hybridized carbons (Fsp3) is 0.857. The molecule has 0 aliphatic carbocycles. The molecular formula is C7H13FN2O. The van der Waals surface area contributed by atoms with Crippen molar-refractivity contribution < 1.29 is 9.18 Å².